The Bertz CT molecular complexity index is 1120. The Morgan fingerprint density at radius 2 is 1.76 bits per heavy atom. The van der Waals surface area contributed by atoms with Crippen LogP contribution >= 0.6 is 0 Å². The van der Waals surface area contributed by atoms with Gasteiger partial charge in [-0.05, 0) is 43.0 Å². The quantitative estimate of drug-likeness (QED) is 0.603. The zero-order valence-corrected chi connectivity index (χ0v) is 18.2. The lowest BCUT2D eigenvalue weighted by molar-refractivity contribution is -0.136. The summed E-state index contributed by atoms with van der Waals surface area (Å²) in [7, 11) is 0. The van der Waals surface area contributed by atoms with E-state index in [1.165, 1.54) is 5.56 Å². The average molecular weight is 447 g/mol. The van der Waals surface area contributed by atoms with Crippen molar-refractivity contribution in [2.45, 2.75) is 50.4 Å². The molecule has 0 aliphatic carbocycles. The summed E-state index contributed by atoms with van der Waals surface area (Å²) in [6.07, 6.45) is 2.15. The first-order chi connectivity index (χ1) is 16.0. The number of amides is 4. The highest BCUT2D eigenvalue weighted by atomic mass is 16.2. The van der Waals surface area contributed by atoms with Gasteiger partial charge in [-0.1, -0.05) is 42.5 Å². The molecule has 0 spiro atoms. The Morgan fingerprint density at radius 1 is 0.939 bits per heavy atom. The molecule has 0 bridgehead atoms. The summed E-state index contributed by atoms with van der Waals surface area (Å²) >= 11 is 0. The number of piperidine rings is 2. The van der Waals surface area contributed by atoms with Crippen LogP contribution in [0, 0.1) is 0 Å². The van der Waals surface area contributed by atoms with Gasteiger partial charge in [-0.25, -0.2) is 0 Å². The summed E-state index contributed by atoms with van der Waals surface area (Å²) in [5.74, 6) is -1.91. The molecule has 170 valence electrons. The lowest BCUT2D eigenvalue weighted by Gasteiger charge is -2.31. The largest absolute Gasteiger partial charge is 0.310 e. The molecule has 5 rings (SSSR count). The van der Waals surface area contributed by atoms with E-state index in [0.29, 0.717) is 17.7 Å². The molecule has 33 heavy (non-hydrogen) atoms. The molecule has 0 radical (unpaired) electrons. The number of hydrogen-bond donors (Lipinski definition) is 3. The van der Waals surface area contributed by atoms with Crippen LogP contribution in [0.1, 0.15) is 63.6 Å². The molecule has 3 atom stereocenters. The van der Waals surface area contributed by atoms with E-state index in [0.717, 1.165) is 29.8 Å². The number of carbonyl (C=O) groups excluding carboxylic acids is 4. The molecule has 2 aromatic rings. The number of fused-ring (bicyclic) bond motifs is 1. The zero-order valence-electron chi connectivity index (χ0n) is 18.2. The summed E-state index contributed by atoms with van der Waals surface area (Å²) < 4.78 is 0. The van der Waals surface area contributed by atoms with E-state index in [2.05, 4.69) is 28.1 Å². The molecule has 3 aliphatic heterocycles. The highest BCUT2D eigenvalue weighted by Crippen LogP contribution is 2.30. The van der Waals surface area contributed by atoms with Gasteiger partial charge >= 0.3 is 0 Å². The first-order valence-electron chi connectivity index (χ1n) is 11.4. The summed E-state index contributed by atoms with van der Waals surface area (Å²) in [6, 6.07) is 15.2. The van der Waals surface area contributed by atoms with Crippen LogP contribution in [0.2, 0.25) is 0 Å². The standard InChI is InChI=1S/C25H26N4O4/c30-21-10-9-20(23(31)28-21)29-24(32)18-8-4-7-16(22(18)25(29)33)14-27-17-11-12-26-19(13-17)15-5-2-1-3-6-15/h1-8,17,19-20,26-27H,9-14H2,(H,28,30,31). The summed E-state index contributed by atoms with van der Waals surface area (Å²) in [5, 5.41) is 9.36. The SMILES string of the molecule is O=C1CCC(N2C(=O)c3cccc(CNC4CCNC(c5ccccc5)C4)c3C2=O)C(=O)N1. The lowest BCUT2D eigenvalue weighted by Crippen LogP contribution is -2.54. The lowest BCUT2D eigenvalue weighted by atomic mass is 9.93. The van der Waals surface area contributed by atoms with Crippen LogP contribution in [0.3, 0.4) is 0 Å². The smallest absolute Gasteiger partial charge is 0.262 e. The molecule has 3 aliphatic rings. The van der Waals surface area contributed by atoms with Crippen molar-refractivity contribution in [3.8, 4) is 0 Å². The van der Waals surface area contributed by atoms with E-state index in [1.54, 1.807) is 12.1 Å². The highest BCUT2D eigenvalue weighted by molar-refractivity contribution is 6.24. The van der Waals surface area contributed by atoms with Crippen LogP contribution in [0.15, 0.2) is 48.5 Å². The van der Waals surface area contributed by atoms with E-state index in [9.17, 15) is 19.2 Å². The number of nitrogens with one attached hydrogen (secondary N) is 3. The predicted molar refractivity (Wildman–Crippen MR) is 120 cm³/mol. The van der Waals surface area contributed by atoms with Crippen LogP contribution in [-0.2, 0) is 16.1 Å². The molecular weight excluding hydrogens is 420 g/mol. The van der Waals surface area contributed by atoms with Crippen LogP contribution in [0.25, 0.3) is 0 Å². The van der Waals surface area contributed by atoms with Crippen molar-refractivity contribution in [1.82, 2.24) is 20.9 Å². The van der Waals surface area contributed by atoms with E-state index >= 15 is 0 Å². The molecule has 3 heterocycles. The second kappa shape index (κ2) is 8.88. The summed E-state index contributed by atoms with van der Waals surface area (Å²) in [5.41, 5.74) is 2.67. The summed E-state index contributed by atoms with van der Waals surface area (Å²) in [4.78, 5) is 51.1. The Hall–Kier alpha value is -3.36. The first-order valence-corrected chi connectivity index (χ1v) is 11.4. The number of carbonyl (C=O) groups is 4. The van der Waals surface area contributed by atoms with Gasteiger partial charge in [-0.15, -0.1) is 0 Å². The third-order valence-corrected chi connectivity index (χ3v) is 6.74. The van der Waals surface area contributed by atoms with Crippen molar-refractivity contribution in [3.63, 3.8) is 0 Å². The molecule has 0 aromatic heterocycles. The molecule has 8 heteroatoms. The monoisotopic (exact) mass is 446 g/mol. The van der Waals surface area contributed by atoms with Crippen molar-refractivity contribution in [2.24, 2.45) is 0 Å². The number of benzene rings is 2. The number of nitrogens with zero attached hydrogens (tertiary/aromatic N) is 1. The minimum Gasteiger partial charge on any atom is -0.310 e. The second-order valence-corrected chi connectivity index (χ2v) is 8.81. The van der Waals surface area contributed by atoms with Gasteiger partial charge in [-0.2, -0.15) is 0 Å². The maximum Gasteiger partial charge on any atom is 0.262 e. The zero-order chi connectivity index (χ0) is 22.9. The average Bonchev–Trinajstić information content (AvgIpc) is 3.09. The van der Waals surface area contributed by atoms with Gasteiger partial charge < -0.3 is 10.6 Å². The van der Waals surface area contributed by atoms with Crippen molar-refractivity contribution < 1.29 is 19.2 Å². The fourth-order valence-electron chi connectivity index (χ4n) is 5.03. The van der Waals surface area contributed by atoms with Gasteiger partial charge in [0.2, 0.25) is 11.8 Å². The Labute approximate surface area is 191 Å². The van der Waals surface area contributed by atoms with Crippen molar-refractivity contribution >= 4 is 23.6 Å². The number of imide groups is 2. The topological polar surface area (TPSA) is 108 Å². The van der Waals surface area contributed by atoms with Crippen LogP contribution < -0.4 is 16.0 Å². The molecule has 3 N–H and O–H groups in total. The van der Waals surface area contributed by atoms with Crippen molar-refractivity contribution in [3.05, 3.63) is 70.8 Å². The van der Waals surface area contributed by atoms with Crippen molar-refractivity contribution in [2.75, 3.05) is 6.54 Å². The summed E-state index contributed by atoms with van der Waals surface area (Å²) in [6.45, 7) is 1.35. The highest BCUT2D eigenvalue weighted by Gasteiger charge is 2.45. The fourth-order valence-corrected chi connectivity index (χ4v) is 5.03. The molecule has 2 aromatic carbocycles. The Balaban J connectivity index is 1.30. The first kappa shape index (κ1) is 21.5. The third kappa shape index (κ3) is 4.07. The third-order valence-electron chi connectivity index (χ3n) is 6.74. The maximum atomic E-state index is 13.2. The molecule has 0 saturated carbocycles. The van der Waals surface area contributed by atoms with Crippen molar-refractivity contribution in [1.29, 1.82) is 0 Å². The fraction of sp³-hybridized carbons (Fsp3) is 0.360. The van der Waals surface area contributed by atoms with E-state index in [-0.39, 0.29) is 30.8 Å². The van der Waals surface area contributed by atoms with E-state index in [4.69, 9.17) is 0 Å². The van der Waals surface area contributed by atoms with Gasteiger partial charge in [-0.3, -0.25) is 29.4 Å². The van der Waals surface area contributed by atoms with Crippen LogP contribution in [0.5, 0.6) is 0 Å². The minimum atomic E-state index is -0.952. The normalized spacial score (nSPS) is 25.2. The number of rotatable bonds is 5. The minimum absolute atomic E-state index is 0.108. The predicted octanol–water partition coefficient (Wildman–Crippen LogP) is 1.67. The van der Waals surface area contributed by atoms with Gasteiger partial charge in [0, 0.05) is 25.0 Å². The molecule has 2 fully saturated rings. The maximum absolute atomic E-state index is 13.2. The van der Waals surface area contributed by atoms with E-state index in [1.807, 2.05) is 24.3 Å². The second-order valence-electron chi connectivity index (χ2n) is 8.81. The van der Waals surface area contributed by atoms with Gasteiger partial charge in [0.25, 0.3) is 11.8 Å². The van der Waals surface area contributed by atoms with Crippen LogP contribution in [0.4, 0.5) is 0 Å². The molecule has 2 saturated heterocycles. The molecule has 4 amide bonds. The van der Waals surface area contributed by atoms with Gasteiger partial charge in [0.1, 0.15) is 6.04 Å². The van der Waals surface area contributed by atoms with Crippen LogP contribution in [-0.4, -0.2) is 47.2 Å². The molecule has 3 unspecified atom stereocenters. The molecule has 8 nitrogen and oxygen atoms in total. The van der Waals surface area contributed by atoms with Gasteiger partial charge in [0.05, 0.1) is 11.1 Å². The Morgan fingerprint density at radius 3 is 2.55 bits per heavy atom. The van der Waals surface area contributed by atoms with E-state index < -0.39 is 23.8 Å². The molecular formula is C25H26N4O4. The Kier molecular flexibility index (Phi) is 5.78. The van der Waals surface area contributed by atoms with Gasteiger partial charge in [0.15, 0.2) is 0 Å². The number of hydrogen-bond acceptors (Lipinski definition) is 6.